The molecule has 274 valence electrons. The summed E-state index contributed by atoms with van der Waals surface area (Å²) in [6, 6.07) is 5.16. The van der Waals surface area contributed by atoms with E-state index in [0.29, 0.717) is 4.57 Å². The first-order chi connectivity index (χ1) is 24.5. The maximum atomic E-state index is 15.9. The normalized spacial score (nSPS) is 18.1. The first kappa shape index (κ1) is 36.6. The zero-order valence-electron chi connectivity index (χ0n) is 27.8. The van der Waals surface area contributed by atoms with Crippen molar-refractivity contribution in [1.82, 2.24) is 14.8 Å². The molecule has 1 fully saturated rings. The Hall–Kier alpha value is -5.18. The second-order valence-corrected chi connectivity index (χ2v) is 13.0. The second-order valence-electron chi connectivity index (χ2n) is 13.0. The van der Waals surface area contributed by atoms with Crippen LogP contribution in [0, 0.1) is 31.3 Å². The molecule has 6 rings (SSSR count). The van der Waals surface area contributed by atoms with Crippen LogP contribution in [-0.2, 0) is 28.8 Å². The highest BCUT2D eigenvalue weighted by Gasteiger charge is 2.37. The minimum absolute atomic E-state index is 0.00320. The average Bonchev–Trinajstić information content (AvgIpc) is 3.05. The number of fused-ring (bicyclic) bond motifs is 6. The molecule has 2 atom stereocenters. The van der Waals surface area contributed by atoms with Gasteiger partial charge in [-0.3, -0.25) is 23.9 Å². The van der Waals surface area contributed by atoms with E-state index in [1.807, 2.05) is 0 Å². The number of aromatic nitrogens is 1. The molecule has 0 aliphatic carbocycles. The predicted molar refractivity (Wildman–Crippen MR) is 174 cm³/mol. The molecule has 0 saturated carbocycles. The number of ether oxygens (including phenoxy) is 1. The third-order valence-corrected chi connectivity index (χ3v) is 9.36. The molecule has 1 aromatic heterocycles. The van der Waals surface area contributed by atoms with Gasteiger partial charge in [-0.25, -0.2) is 17.6 Å². The van der Waals surface area contributed by atoms with Gasteiger partial charge in [0.05, 0.1) is 18.0 Å². The summed E-state index contributed by atoms with van der Waals surface area (Å²) in [5.41, 5.74) is -3.08. The largest absolute Gasteiger partial charge is 0.488 e. The van der Waals surface area contributed by atoms with Crippen LogP contribution in [0.5, 0.6) is 5.75 Å². The Bertz CT molecular complexity index is 2130. The molecule has 2 N–H and O–H groups in total. The first-order valence-corrected chi connectivity index (χ1v) is 16.2. The lowest BCUT2D eigenvalue weighted by Gasteiger charge is -2.34. The number of nitrogens with zero attached hydrogens (tertiary/aromatic N) is 2. The minimum Gasteiger partial charge on any atom is -0.488 e. The molecular formula is C37H32F7N3O5. The van der Waals surface area contributed by atoms with Crippen LogP contribution >= 0.6 is 0 Å². The number of pyridine rings is 1. The number of amides is 1. The molecule has 4 aromatic rings. The quantitative estimate of drug-likeness (QED) is 0.218. The average molecular weight is 732 g/mol. The number of carboxylic acid groups (broad SMARTS) is 1. The molecule has 2 aliphatic heterocycles. The van der Waals surface area contributed by atoms with Crippen molar-refractivity contribution in [3.8, 4) is 16.9 Å². The van der Waals surface area contributed by atoms with E-state index in [-0.39, 0.29) is 77.9 Å². The number of aryl methyl sites for hydroxylation is 1. The summed E-state index contributed by atoms with van der Waals surface area (Å²) < 4.78 is 109. The third kappa shape index (κ3) is 7.27. The van der Waals surface area contributed by atoms with Crippen LogP contribution in [0.15, 0.2) is 59.5 Å². The number of alkyl halides is 4. The van der Waals surface area contributed by atoms with Crippen LogP contribution in [0.3, 0.4) is 0 Å². The summed E-state index contributed by atoms with van der Waals surface area (Å²) in [6.07, 6.45) is -6.56. The molecule has 3 aromatic carbocycles. The Morgan fingerprint density at radius 2 is 1.69 bits per heavy atom. The zero-order valence-corrected chi connectivity index (χ0v) is 27.8. The number of hydrogen-bond donors (Lipinski definition) is 2. The standard InChI is InChI=1S/C37H32F7N3O5/c1-18-9-22-11-25(34(18)41)29(13-32(49)50)45-36(51)35(24-10-20(3-4-28(24)40)17-52-30-6-5-27(39)19(2)33(22)30)47-14-21(7-8-46-15-23(38)16-46)26(12-31(47)48)37(42,43)44/h3-6,9-12,14,23,29,35H,7-8,13,15-17H2,1-2H3,(H,45,51)(H,49,50)/t29-,35+/m1/s1. The lowest BCUT2D eigenvalue weighted by atomic mass is 9.91. The molecule has 0 radical (unpaired) electrons. The van der Waals surface area contributed by atoms with Crippen molar-refractivity contribution in [2.45, 2.75) is 57.7 Å². The molecule has 8 nitrogen and oxygen atoms in total. The van der Waals surface area contributed by atoms with Gasteiger partial charge in [0.1, 0.15) is 42.0 Å². The molecular weight excluding hydrogens is 699 g/mol. The minimum atomic E-state index is -5.00. The summed E-state index contributed by atoms with van der Waals surface area (Å²) >= 11 is 0. The van der Waals surface area contributed by atoms with Gasteiger partial charge in [-0.15, -0.1) is 0 Å². The summed E-state index contributed by atoms with van der Waals surface area (Å²) in [7, 11) is 0. The van der Waals surface area contributed by atoms with Crippen LogP contribution in [0.4, 0.5) is 30.7 Å². The van der Waals surface area contributed by atoms with Gasteiger partial charge in [0, 0.05) is 48.6 Å². The fourth-order valence-electron chi connectivity index (χ4n) is 6.69. The SMILES string of the molecule is Cc1cc2cc(c1F)[C@@H](CC(=O)O)NC(=O)[C@@H](n1cc(CCN3CC(F)C3)c(C(F)(F)F)cc1=O)c1cc(ccc1F)COc1ccc(F)c(C)c1-2. The molecule has 1 saturated heterocycles. The smallest absolute Gasteiger partial charge is 0.416 e. The Labute approximate surface area is 292 Å². The molecule has 0 spiro atoms. The Morgan fingerprint density at radius 3 is 2.37 bits per heavy atom. The number of carboxylic acids is 1. The van der Waals surface area contributed by atoms with Crippen molar-refractivity contribution in [2.75, 3.05) is 19.6 Å². The maximum absolute atomic E-state index is 15.9. The van der Waals surface area contributed by atoms with Crippen LogP contribution in [-0.4, -0.2) is 52.3 Å². The van der Waals surface area contributed by atoms with Gasteiger partial charge in [0.15, 0.2) is 0 Å². The van der Waals surface area contributed by atoms with Gasteiger partial charge in [0.2, 0.25) is 5.91 Å². The van der Waals surface area contributed by atoms with Crippen molar-refractivity contribution < 1.29 is 50.2 Å². The lowest BCUT2D eigenvalue weighted by Crippen LogP contribution is -2.49. The highest BCUT2D eigenvalue weighted by atomic mass is 19.4. The first-order valence-electron chi connectivity index (χ1n) is 16.2. The van der Waals surface area contributed by atoms with E-state index in [1.54, 1.807) is 4.90 Å². The van der Waals surface area contributed by atoms with Crippen molar-refractivity contribution >= 4 is 11.9 Å². The van der Waals surface area contributed by atoms with E-state index in [2.05, 4.69) is 5.32 Å². The van der Waals surface area contributed by atoms with Crippen molar-refractivity contribution in [2.24, 2.45) is 0 Å². The summed E-state index contributed by atoms with van der Waals surface area (Å²) in [4.78, 5) is 41.5. The van der Waals surface area contributed by atoms with Gasteiger partial charge >= 0.3 is 12.1 Å². The third-order valence-electron chi connectivity index (χ3n) is 9.36. The molecule has 0 unspecified atom stereocenters. The van der Waals surface area contributed by atoms with Crippen LogP contribution in [0.25, 0.3) is 11.1 Å². The number of nitrogens with one attached hydrogen (secondary N) is 1. The van der Waals surface area contributed by atoms with E-state index < -0.39 is 82.4 Å². The molecule has 52 heavy (non-hydrogen) atoms. The number of carbonyl (C=O) groups excluding carboxylic acids is 1. The zero-order chi connectivity index (χ0) is 37.6. The van der Waals surface area contributed by atoms with E-state index in [9.17, 15) is 41.4 Å². The van der Waals surface area contributed by atoms with Gasteiger partial charge in [-0.05, 0) is 84.5 Å². The van der Waals surface area contributed by atoms with Gasteiger partial charge in [-0.2, -0.15) is 13.2 Å². The molecule has 15 heteroatoms. The van der Waals surface area contributed by atoms with Crippen molar-refractivity contribution in [3.63, 3.8) is 0 Å². The monoisotopic (exact) mass is 731 g/mol. The van der Waals surface area contributed by atoms with Crippen LogP contribution in [0.1, 0.15) is 57.4 Å². The fraction of sp³-hybridized carbons (Fsp3) is 0.324. The number of halogens is 7. The summed E-state index contributed by atoms with van der Waals surface area (Å²) in [5.74, 6) is -5.16. The summed E-state index contributed by atoms with van der Waals surface area (Å²) in [5, 5.41) is 12.2. The molecule has 2 aliphatic rings. The van der Waals surface area contributed by atoms with Gasteiger partial charge in [-0.1, -0.05) is 6.07 Å². The van der Waals surface area contributed by atoms with Gasteiger partial charge in [0.25, 0.3) is 5.56 Å². The topological polar surface area (TPSA) is 101 Å². The number of hydrogen-bond acceptors (Lipinski definition) is 5. The van der Waals surface area contributed by atoms with E-state index in [0.717, 1.165) is 18.3 Å². The van der Waals surface area contributed by atoms with E-state index >= 15 is 8.78 Å². The maximum Gasteiger partial charge on any atom is 0.416 e. The Kier molecular flexibility index (Phi) is 9.92. The molecule has 3 heterocycles. The Morgan fingerprint density at radius 1 is 0.981 bits per heavy atom. The fourth-order valence-corrected chi connectivity index (χ4v) is 6.69. The highest BCUT2D eigenvalue weighted by Crippen LogP contribution is 2.39. The van der Waals surface area contributed by atoms with E-state index in [4.69, 9.17) is 4.74 Å². The number of benzene rings is 3. The predicted octanol–water partition coefficient (Wildman–Crippen LogP) is 6.58. The molecule has 1 amide bonds. The van der Waals surface area contributed by atoms with Crippen molar-refractivity contribution in [3.05, 3.63) is 121 Å². The number of carbonyl (C=O) groups is 2. The van der Waals surface area contributed by atoms with Gasteiger partial charge < -0.3 is 15.2 Å². The number of rotatable bonds is 6. The number of aliphatic carboxylic acids is 1. The van der Waals surface area contributed by atoms with E-state index in [1.165, 1.54) is 44.2 Å². The second kappa shape index (κ2) is 14.1. The Balaban J connectivity index is 1.56. The molecule has 4 bridgehead atoms. The van der Waals surface area contributed by atoms with Crippen LogP contribution < -0.4 is 15.6 Å². The summed E-state index contributed by atoms with van der Waals surface area (Å²) in [6.45, 7) is 2.56. The van der Waals surface area contributed by atoms with Crippen LogP contribution in [0.2, 0.25) is 0 Å². The van der Waals surface area contributed by atoms with Crippen molar-refractivity contribution in [1.29, 1.82) is 0 Å². The lowest BCUT2D eigenvalue weighted by molar-refractivity contribution is -0.139. The number of likely N-dealkylation sites (tertiary alicyclic amines) is 1. The highest BCUT2D eigenvalue weighted by molar-refractivity contribution is 5.85.